The summed E-state index contributed by atoms with van der Waals surface area (Å²) in [6.45, 7) is 0. The van der Waals surface area contributed by atoms with Gasteiger partial charge >= 0.3 is 0 Å². The molecule has 5 nitrogen and oxygen atoms in total. The van der Waals surface area contributed by atoms with Crippen LogP contribution in [0.2, 0.25) is 5.02 Å². The maximum Gasteiger partial charge on any atom is 0.283 e. The van der Waals surface area contributed by atoms with Gasteiger partial charge in [0.05, 0.1) is 11.2 Å². The van der Waals surface area contributed by atoms with Crippen LogP contribution in [0.15, 0.2) is 24.5 Å². The largest absolute Gasteiger partial charge is 0.294 e. The first-order valence-corrected chi connectivity index (χ1v) is 4.23. The lowest BCUT2D eigenvalue weighted by molar-refractivity contribution is 0.0948. The van der Waals surface area contributed by atoms with E-state index in [0.29, 0.717) is 16.4 Å². The molecule has 2 aromatic rings. The van der Waals surface area contributed by atoms with Gasteiger partial charge in [0.1, 0.15) is 11.3 Å². The first-order valence-electron chi connectivity index (χ1n) is 3.86. The highest BCUT2D eigenvalue weighted by molar-refractivity contribution is 6.30. The molecule has 0 saturated heterocycles. The lowest BCUT2D eigenvalue weighted by Crippen LogP contribution is -2.30. The summed E-state index contributed by atoms with van der Waals surface area (Å²) in [6, 6.07) is 3.42. The minimum Gasteiger partial charge on any atom is -0.294 e. The molecule has 1 amide bonds. The van der Waals surface area contributed by atoms with E-state index in [1.54, 1.807) is 22.7 Å². The van der Waals surface area contributed by atoms with Gasteiger partial charge in [-0.05, 0) is 12.1 Å². The number of hydrogen-bond donors (Lipinski definition) is 2. The van der Waals surface area contributed by atoms with Gasteiger partial charge in [0.15, 0.2) is 0 Å². The molecule has 2 rings (SSSR count). The van der Waals surface area contributed by atoms with Gasteiger partial charge < -0.3 is 0 Å². The van der Waals surface area contributed by atoms with Crippen molar-refractivity contribution in [2.75, 3.05) is 0 Å². The number of nitrogens with two attached hydrogens (primary N) is 1. The summed E-state index contributed by atoms with van der Waals surface area (Å²) >= 11 is 5.78. The number of fused-ring (bicyclic) bond motifs is 1. The van der Waals surface area contributed by atoms with Crippen LogP contribution >= 0.6 is 11.6 Å². The minimum absolute atomic E-state index is 0.352. The Kier molecular flexibility index (Phi) is 2.11. The Bertz CT molecular complexity index is 493. The minimum atomic E-state index is -0.403. The quantitative estimate of drug-likeness (QED) is 0.411. The predicted octanol–water partition coefficient (Wildman–Crippen LogP) is 0.591. The average Bonchev–Trinajstić information content (AvgIpc) is 2.59. The molecule has 0 radical (unpaired) electrons. The molecule has 14 heavy (non-hydrogen) atoms. The molecule has 0 saturated carbocycles. The van der Waals surface area contributed by atoms with Gasteiger partial charge in [0, 0.05) is 6.20 Å². The Morgan fingerprint density at radius 3 is 3.07 bits per heavy atom. The molecule has 72 valence electrons. The molecule has 0 atom stereocenters. The van der Waals surface area contributed by atoms with Crippen LogP contribution < -0.4 is 11.3 Å². The number of nitrogens with zero attached hydrogens (tertiary/aromatic N) is 2. The number of rotatable bonds is 1. The molecule has 0 fully saturated rings. The lowest BCUT2D eigenvalue weighted by Gasteiger charge is -1.99. The molecule has 0 aromatic carbocycles. The van der Waals surface area contributed by atoms with Crippen LogP contribution in [-0.4, -0.2) is 15.3 Å². The molecule has 0 unspecified atom stereocenters. The van der Waals surface area contributed by atoms with E-state index >= 15 is 0 Å². The second kappa shape index (κ2) is 3.28. The molecule has 3 N–H and O–H groups in total. The maximum atomic E-state index is 11.3. The molecule has 0 aliphatic carbocycles. The van der Waals surface area contributed by atoms with E-state index in [-0.39, 0.29) is 0 Å². The Hall–Kier alpha value is -1.59. The Balaban J connectivity index is 2.67. The van der Waals surface area contributed by atoms with Crippen molar-refractivity contribution in [1.29, 1.82) is 0 Å². The third-order valence-corrected chi connectivity index (χ3v) is 2.06. The highest BCUT2D eigenvalue weighted by atomic mass is 35.5. The van der Waals surface area contributed by atoms with Crippen LogP contribution in [0, 0.1) is 0 Å². The molecule has 0 aliphatic rings. The van der Waals surface area contributed by atoms with Crippen LogP contribution in [0.1, 0.15) is 10.5 Å². The highest BCUT2D eigenvalue weighted by Crippen LogP contribution is 2.12. The van der Waals surface area contributed by atoms with Gasteiger partial charge in [0.25, 0.3) is 5.91 Å². The fourth-order valence-electron chi connectivity index (χ4n) is 1.20. The normalized spacial score (nSPS) is 10.4. The van der Waals surface area contributed by atoms with Crippen molar-refractivity contribution in [3.8, 4) is 0 Å². The molecule has 6 heteroatoms. The molecule has 0 spiro atoms. The molecule has 0 aliphatic heterocycles. The van der Waals surface area contributed by atoms with E-state index in [1.807, 2.05) is 5.43 Å². The highest BCUT2D eigenvalue weighted by Gasteiger charge is 2.10. The van der Waals surface area contributed by atoms with Crippen LogP contribution in [0.5, 0.6) is 0 Å². The number of carbonyl (C=O) groups is 1. The van der Waals surface area contributed by atoms with E-state index in [9.17, 15) is 4.79 Å². The monoisotopic (exact) mass is 210 g/mol. The number of pyridine rings is 1. The first kappa shape index (κ1) is 8.98. The molecular formula is C8H7ClN4O. The van der Waals surface area contributed by atoms with Crippen molar-refractivity contribution in [2.24, 2.45) is 5.84 Å². The Morgan fingerprint density at radius 2 is 2.36 bits per heavy atom. The fraction of sp³-hybridized carbons (Fsp3) is 0. The number of nitrogens with one attached hydrogen (secondary N) is 1. The second-order valence-electron chi connectivity index (χ2n) is 2.69. The van der Waals surface area contributed by atoms with Gasteiger partial charge in [-0.1, -0.05) is 11.6 Å². The number of carbonyl (C=O) groups excluding carboxylic acids is 1. The molecule has 0 bridgehead atoms. The third kappa shape index (κ3) is 1.32. The number of hydrazine groups is 1. The van der Waals surface area contributed by atoms with Crippen molar-refractivity contribution in [2.45, 2.75) is 0 Å². The van der Waals surface area contributed by atoms with Crippen molar-refractivity contribution >= 4 is 23.2 Å². The SMILES string of the molecule is NNC(=O)c1cnc2ccc(Cl)cn12. The number of amides is 1. The van der Waals surface area contributed by atoms with Crippen molar-refractivity contribution < 1.29 is 4.79 Å². The number of halogens is 1. The van der Waals surface area contributed by atoms with Crippen LogP contribution in [0.4, 0.5) is 0 Å². The van der Waals surface area contributed by atoms with Gasteiger partial charge in [-0.15, -0.1) is 0 Å². The number of aromatic nitrogens is 2. The van der Waals surface area contributed by atoms with Gasteiger partial charge in [-0.3, -0.25) is 14.6 Å². The summed E-state index contributed by atoms with van der Waals surface area (Å²) < 4.78 is 1.57. The summed E-state index contributed by atoms with van der Waals surface area (Å²) in [5.74, 6) is 4.62. The molecular weight excluding hydrogens is 204 g/mol. The maximum absolute atomic E-state index is 11.3. The topological polar surface area (TPSA) is 72.4 Å². The van der Waals surface area contributed by atoms with Crippen molar-refractivity contribution in [1.82, 2.24) is 14.8 Å². The smallest absolute Gasteiger partial charge is 0.283 e. The van der Waals surface area contributed by atoms with E-state index in [1.165, 1.54) is 6.20 Å². The zero-order valence-electron chi connectivity index (χ0n) is 7.07. The van der Waals surface area contributed by atoms with E-state index in [0.717, 1.165) is 0 Å². The van der Waals surface area contributed by atoms with Crippen molar-refractivity contribution in [3.63, 3.8) is 0 Å². The molecule has 2 heterocycles. The van der Waals surface area contributed by atoms with Gasteiger partial charge in [-0.2, -0.15) is 0 Å². The van der Waals surface area contributed by atoms with Crippen LogP contribution in [-0.2, 0) is 0 Å². The van der Waals surface area contributed by atoms with Crippen LogP contribution in [0.3, 0.4) is 0 Å². The zero-order chi connectivity index (χ0) is 10.1. The summed E-state index contributed by atoms with van der Waals surface area (Å²) in [4.78, 5) is 15.3. The predicted molar refractivity (Wildman–Crippen MR) is 51.9 cm³/mol. The third-order valence-electron chi connectivity index (χ3n) is 1.83. The van der Waals surface area contributed by atoms with Gasteiger partial charge in [-0.25, -0.2) is 10.8 Å². The van der Waals surface area contributed by atoms with E-state index < -0.39 is 5.91 Å². The summed E-state index contributed by atoms with van der Waals surface area (Å²) in [5.41, 5.74) is 3.03. The fourth-order valence-corrected chi connectivity index (χ4v) is 1.36. The molecule has 2 aromatic heterocycles. The van der Waals surface area contributed by atoms with Crippen LogP contribution in [0.25, 0.3) is 5.65 Å². The number of imidazole rings is 1. The van der Waals surface area contributed by atoms with E-state index in [2.05, 4.69) is 4.98 Å². The standard InChI is InChI=1S/C8H7ClN4O/c9-5-1-2-7-11-3-6(8(14)12-10)13(7)4-5/h1-4H,10H2,(H,12,14). The Labute approximate surface area is 84.5 Å². The van der Waals surface area contributed by atoms with E-state index in [4.69, 9.17) is 17.4 Å². The first-order chi connectivity index (χ1) is 6.72. The average molecular weight is 211 g/mol. The summed E-state index contributed by atoms with van der Waals surface area (Å²) in [5, 5.41) is 0.529. The Morgan fingerprint density at radius 1 is 1.57 bits per heavy atom. The summed E-state index contributed by atoms with van der Waals surface area (Å²) in [7, 11) is 0. The number of nitrogen functional groups attached to an aromatic ring is 1. The lowest BCUT2D eigenvalue weighted by atomic mass is 10.4. The van der Waals surface area contributed by atoms with Gasteiger partial charge in [0.2, 0.25) is 0 Å². The zero-order valence-corrected chi connectivity index (χ0v) is 7.82. The second-order valence-corrected chi connectivity index (χ2v) is 3.13. The summed E-state index contributed by atoms with van der Waals surface area (Å²) in [6.07, 6.45) is 3.04. The number of hydrogen-bond acceptors (Lipinski definition) is 3. The van der Waals surface area contributed by atoms with Crippen molar-refractivity contribution in [3.05, 3.63) is 35.2 Å².